The maximum Gasteiger partial charge on any atom is 0.266 e. The fourth-order valence-corrected chi connectivity index (χ4v) is 5.10. The molecule has 6 rings (SSSR count). The topological polar surface area (TPSA) is 62.3 Å². The van der Waals surface area contributed by atoms with Crippen LogP contribution in [0.3, 0.4) is 0 Å². The molecule has 0 aromatic heterocycles. The normalized spacial score (nSPS) is 24.3. The van der Waals surface area contributed by atoms with Crippen LogP contribution in [0.1, 0.15) is 11.6 Å². The number of imide groups is 1. The summed E-state index contributed by atoms with van der Waals surface area (Å²) in [7, 11) is 0. The van der Waals surface area contributed by atoms with Gasteiger partial charge in [-0.2, -0.15) is 0 Å². The van der Waals surface area contributed by atoms with E-state index in [1.54, 1.807) is 29.3 Å². The largest absolute Gasteiger partial charge is 0.378 e. The number of hydroxylamine groups is 1. The highest BCUT2D eigenvalue weighted by Crippen LogP contribution is 2.47. The molecule has 0 unspecified atom stereocenters. The van der Waals surface area contributed by atoms with Gasteiger partial charge >= 0.3 is 0 Å². The third kappa shape index (κ3) is 3.75. The number of amides is 2. The molecule has 0 spiro atoms. The molecular weight excluding hydrogens is 449 g/mol. The highest BCUT2D eigenvalue weighted by atomic mass is 19.1. The Bertz CT molecular complexity index is 1230. The average molecular weight is 474 g/mol. The van der Waals surface area contributed by atoms with Gasteiger partial charge in [-0.3, -0.25) is 14.4 Å². The molecular formula is C27H24FN3O4. The molecule has 0 aliphatic carbocycles. The van der Waals surface area contributed by atoms with Crippen molar-refractivity contribution in [3.05, 3.63) is 90.2 Å². The van der Waals surface area contributed by atoms with E-state index in [-0.39, 0.29) is 11.7 Å². The standard InChI is InChI=1S/C27H24FN3O4/c28-19-8-6-18(7-9-19)24-23-25(35-31(24)22-4-2-1-3-5-22)27(33)30(26(23)32)21-12-10-20(11-13-21)29-14-16-34-17-15-29/h1-13,23-25H,14-17H2/t23-,24-,25+/m0/s1. The Hall–Kier alpha value is -3.75. The number of fused-ring (bicyclic) bond motifs is 1. The second-order valence-corrected chi connectivity index (χ2v) is 8.84. The minimum Gasteiger partial charge on any atom is -0.378 e. The van der Waals surface area contributed by atoms with Crippen molar-refractivity contribution in [3.8, 4) is 0 Å². The van der Waals surface area contributed by atoms with Crippen molar-refractivity contribution in [1.82, 2.24) is 0 Å². The lowest BCUT2D eigenvalue weighted by molar-refractivity contribution is -0.126. The zero-order valence-corrected chi connectivity index (χ0v) is 18.9. The van der Waals surface area contributed by atoms with Crippen molar-refractivity contribution in [2.24, 2.45) is 5.92 Å². The molecule has 2 amide bonds. The number of hydrogen-bond donors (Lipinski definition) is 0. The number of para-hydroxylation sites is 1. The smallest absolute Gasteiger partial charge is 0.266 e. The van der Waals surface area contributed by atoms with Gasteiger partial charge in [0.05, 0.1) is 30.6 Å². The van der Waals surface area contributed by atoms with Gasteiger partial charge in [-0.05, 0) is 54.1 Å². The molecule has 3 aliphatic rings. The third-order valence-electron chi connectivity index (χ3n) is 6.82. The zero-order valence-electron chi connectivity index (χ0n) is 18.9. The van der Waals surface area contributed by atoms with E-state index < -0.39 is 24.0 Å². The maximum atomic E-state index is 13.7. The van der Waals surface area contributed by atoms with Crippen LogP contribution in [0.25, 0.3) is 0 Å². The van der Waals surface area contributed by atoms with E-state index >= 15 is 0 Å². The fourth-order valence-electron chi connectivity index (χ4n) is 5.10. The Morgan fingerprint density at radius 2 is 1.40 bits per heavy atom. The Morgan fingerprint density at radius 3 is 2.09 bits per heavy atom. The summed E-state index contributed by atoms with van der Waals surface area (Å²) >= 11 is 0. The minimum atomic E-state index is -0.961. The van der Waals surface area contributed by atoms with Gasteiger partial charge in [0.2, 0.25) is 5.91 Å². The Morgan fingerprint density at radius 1 is 0.743 bits per heavy atom. The van der Waals surface area contributed by atoms with E-state index in [0.717, 1.165) is 24.5 Å². The van der Waals surface area contributed by atoms with Crippen molar-refractivity contribution in [2.75, 3.05) is 41.2 Å². The van der Waals surface area contributed by atoms with Gasteiger partial charge in [-0.1, -0.05) is 30.3 Å². The molecule has 0 bridgehead atoms. The molecule has 3 heterocycles. The van der Waals surface area contributed by atoms with Gasteiger partial charge in [0.25, 0.3) is 5.91 Å². The lowest BCUT2D eigenvalue weighted by atomic mass is 9.90. The molecule has 0 N–H and O–H groups in total. The highest BCUT2D eigenvalue weighted by Gasteiger charge is 2.60. The number of hydrogen-bond acceptors (Lipinski definition) is 6. The van der Waals surface area contributed by atoms with Crippen LogP contribution >= 0.6 is 0 Å². The summed E-state index contributed by atoms with van der Waals surface area (Å²) in [5.74, 6) is -1.85. The highest BCUT2D eigenvalue weighted by molar-refractivity contribution is 6.24. The molecule has 178 valence electrons. The first-order valence-electron chi connectivity index (χ1n) is 11.7. The summed E-state index contributed by atoms with van der Waals surface area (Å²) in [4.78, 5) is 36.7. The summed E-state index contributed by atoms with van der Waals surface area (Å²) in [6.07, 6.45) is -0.961. The van der Waals surface area contributed by atoms with E-state index in [1.165, 1.54) is 17.0 Å². The molecule has 8 heteroatoms. The third-order valence-corrected chi connectivity index (χ3v) is 6.82. The fraction of sp³-hybridized carbons (Fsp3) is 0.259. The van der Waals surface area contributed by atoms with Crippen molar-refractivity contribution >= 4 is 28.9 Å². The van der Waals surface area contributed by atoms with Gasteiger partial charge in [-0.25, -0.2) is 14.4 Å². The number of morpholine rings is 1. The van der Waals surface area contributed by atoms with Crippen LogP contribution in [0, 0.1) is 11.7 Å². The Kier molecular flexibility index (Phi) is 5.47. The van der Waals surface area contributed by atoms with E-state index in [2.05, 4.69) is 4.90 Å². The van der Waals surface area contributed by atoms with Crippen LogP contribution in [-0.2, 0) is 19.2 Å². The van der Waals surface area contributed by atoms with E-state index in [4.69, 9.17) is 9.57 Å². The van der Waals surface area contributed by atoms with Crippen molar-refractivity contribution in [2.45, 2.75) is 12.1 Å². The monoisotopic (exact) mass is 473 g/mol. The van der Waals surface area contributed by atoms with E-state index in [0.29, 0.717) is 24.5 Å². The van der Waals surface area contributed by atoms with Gasteiger partial charge in [0.1, 0.15) is 11.7 Å². The van der Waals surface area contributed by atoms with Crippen LogP contribution in [0.5, 0.6) is 0 Å². The molecule has 0 radical (unpaired) electrons. The number of benzene rings is 3. The van der Waals surface area contributed by atoms with Gasteiger partial charge < -0.3 is 9.64 Å². The van der Waals surface area contributed by atoms with Crippen molar-refractivity contribution < 1.29 is 23.6 Å². The Balaban J connectivity index is 1.33. The van der Waals surface area contributed by atoms with Crippen LogP contribution in [0.15, 0.2) is 78.9 Å². The van der Waals surface area contributed by atoms with Gasteiger partial charge in [0.15, 0.2) is 6.10 Å². The first-order chi connectivity index (χ1) is 17.1. The summed E-state index contributed by atoms with van der Waals surface area (Å²) in [5, 5.41) is 1.61. The lowest BCUT2D eigenvalue weighted by Gasteiger charge is -2.30. The molecule has 3 aliphatic heterocycles. The number of carbonyl (C=O) groups excluding carboxylic acids is 2. The van der Waals surface area contributed by atoms with Gasteiger partial charge in [0, 0.05) is 18.8 Å². The van der Waals surface area contributed by atoms with E-state index in [9.17, 15) is 14.0 Å². The number of anilines is 3. The second kappa shape index (κ2) is 8.79. The predicted molar refractivity (Wildman–Crippen MR) is 128 cm³/mol. The zero-order chi connectivity index (χ0) is 23.9. The summed E-state index contributed by atoms with van der Waals surface area (Å²) in [6.45, 7) is 2.95. The summed E-state index contributed by atoms with van der Waals surface area (Å²) in [5.41, 5.74) is 2.96. The molecule has 3 saturated heterocycles. The molecule has 3 fully saturated rings. The SMILES string of the molecule is O=C1[C@@H]2[C@@H](ON(c3ccccc3)[C@H]2c2ccc(F)cc2)C(=O)N1c1ccc(N2CCOCC2)cc1. The van der Waals surface area contributed by atoms with Gasteiger partial charge in [-0.15, -0.1) is 0 Å². The van der Waals surface area contributed by atoms with Crippen molar-refractivity contribution in [1.29, 1.82) is 0 Å². The summed E-state index contributed by atoms with van der Waals surface area (Å²) < 4.78 is 19.1. The van der Waals surface area contributed by atoms with Crippen LogP contribution < -0.4 is 14.9 Å². The molecule has 3 atom stereocenters. The van der Waals surface area contributed by atoms with Crippen LogP contribution in [0.4, 0.5) is 21.5 Å². The molecule has 7 nitrogen and oxygen atoms in total. The molecule has 3 aromatic rings. The quantitative estimate of drug-likeness (QED) is 0.539. The number of halogens is 1. The minimum absolute atomic E-state index is 0.327. The molecule has 3 aromatic carbocycles. The molecule has 35 heavy (non-hydrogen) atoms. The van der Waals surface area contributed by atoms with E-state index in [1.807, 2.05) is 42.5 Å². The average Bonchev–Trinajstić information content (AvgIpc) is 3.41. The Labute approximate surface area is 202 Å². The first-order valence-corrected chi connectivity index (χ1v) is 11.7. The predicted octanol–water partition coefficient (Wildman–Crippen LogP) is 3.71. The maximum absolute atomic E-state index is 13.7. The number of nitrogens with zero attached hydrogens (tertiary/aromatic N) is 3. The summed E-state index contributed by atoms with van der Waals surface area (Å²) in [6, 6.07) is 22.2. The number of rotatable bonds is 4. The number of ether oxygens (including phenoxy) is 1. The first kappa shape index (κ1) is 21.8. The molecule has 0 saturated carbocycles. The number of carbonyl (C=O) groups is 2. The lowest BCUT2D eigenvalue weighted by Crippen LogP contribution is -2.38. The van der Waals surface area contributed by atoms with Crippen LogP contribution in [-0.4, -0.2) is 44.2 Å². The van der Waals surface area contributed by atoms with Crippen LogP contribution in [0.2, 0.25) is 0 Å². The van der Waals surface area contributed by atoms with Crippen molar-refractivity contribution in [3.63, 3.8) is 0 Å². The second-order valence-electron chi connectivity index (χ2n) is 8.84.